The molecular weight excluding hydrogens is 472 g/mol. The molecule has 7 heteroatoms. The fourth-order valence-corrected chi connectivity index (χ4v) is 5.68. The summed E-state index contributed by atoms with van der Waals surface area (Å²) in [6.45, 7) is 3.84. The number of carbonyl (C=O) groups is 2. The number of rotatable bonds is 6. The monoisotopic (exact) mass is 498 g/mol. The van der Waals surface area contributed by atoms with Crippen LogP contribution in [-0.2, 0) is 20.0 Å². The Morgan fingerprint density at radius 1 is 1.00 bits per heavy atom. The van der Waals surface area contributed by atoms with Crippen LogP contribution in [0.4, 0.5) is 5.69 Å². The number of nitrogens with two attached hydrogens (primary N) is 1. The van der Waals surface area contributed by atoms with Crippen LogP contribution >= 0.6 is 12.2 Å². The summed E-state index contributed by atoms with van der Waals surface area (Å²) in [5.41, 5.74) is 8.19. The minimum Gasteiger partial charge on any atom is -0.462 e. The number of ether oxygens (including phenoxy) is 2. The number of benzene rings is 3. The molecule has 3 atom stereocenters. The molecule has 0 unspecified atom stereocenters. The largest absolute Gasteiger partial charge is 0.462 e. The number of nitrogens with zero attached hydrogens (tertiary/aromatic N) is 1. The van der Waals surface area contributed by atoms with E-state index in [-0.39, 0.29) is 23.8 Å². The Hall–Kier alpha value is -3.97. The molecule has 0 aromatic heterocycles. The quantitative estimate of drug-likeness (QED) is 0.295. The van der Waals surface area contributed by atoms with Crippen LogP contribution in [0.2, 0.25) is 0 Å². The zero-order chi connectivity index (χ0) is 25.4. The van der Waals surface area contributed by atoms with Crippen LogP contribution < -0.4 is 10.6 Å². The molecule has 2 heterocycles. The van der Waals surface area contributed by atoms with Crippen molar-refractivity contribution in [3.63, 3.8) is 0 Å². The van der Waals surface area contributed by atoms with Crippen LogP contribution in [0.5, 0.6) is 0 Å². The molecule has 2 aliphatic heterocycles. The summed E-state index contributed by atoms with van der Waals surface area (Å²) in [7, 11) is 0. The van der Waals surface area contributed by atoms with E-state index >= 15 is 0 Å². The van der Waals surface area contributed by atoms with Crippen molar-refractivity contribution in [3.05, 3.63) is 113 Å². The molecule has 6 nitrogen and oxygen atoms in total. The maximum atomic E-state index is 14.1. The number of hydrogen-bond donors (Lipinski definition) is 1. The molecule has 0 saturated carbocycles. The van der Waals surface area contributed by atoms with E-state index < -0.39 is 23.5 Å². The lowest BCUT2D eigenvalue weighted by molar-refractivity contribution is -0.139. The Morgan fingerprint density at radius 3 is 2.22 bits per heavy atom. The predicted molar refractivity (Wildman–Crippen MR) is 141 cm³/mol. The Balaban J connectivity index is 1.77. The van der Waals surface area contributed by atoms with E-state index in [0.29, 0.717) is 10.6 Å². The van der Waals surface area contributed by atoms with Gasteiger partial charge in [0, 0.05) is 16.8 Å². The van der Waals surface area contributed by atoms with Gasteiger partial charge in [0.05, 0.1) is 23.4 Å². The molecular formula is C29H26N2O4S. The van der Waals surface area contributed by atoms with Gasteiger partial charge < -0.3 is 15.2 Å². The van der Waals surface area contributed by atoms with Gasteiger partial charge in [-0.2, -0.15) is 0 Å². The standard InChI is InChI=1S/C29H26N2O4S/c1-3-34-28(33)23-24-22(25(32)19-16-14-18(2)15-17-19)27(36)31(21-12-8-5-9-13-21)29(24,35-26(23)30)20-10-6-4-7-11-20/h4-17,22,24H,3,30H2,1-2H3/t22-,24-,29+/m1/s1. The molecule has 3 aromatic rings. The summed E-state index contributed by atoms with van der Waals surface area (Å²) >= 11 is 6.02. The van der Waals surface area contributed by atoms with Crippen LogP contribution in [0.25, 0.3) is 0 Å². The number of hydrogen-bond acceptors (Lipinski definition) is 6. The van der Waals surface area contributed by atoms with E-state index in [9.17, 15) is 9.59 Å². The molecule has 36 heavy (non-hydrogen) atoms. The fraction of sp³-hybridized carbons (Fsp3) is 0.207. The van der Waals surface area contributed by atoms with Gasteiger partial charge in [0.15, 0.2) is 11.7 Å². The van der Waals surface area contributed by atoms with Crippen molar-refractivity contribution in [3.8, 4) is 0 Å². The van der Waals surface area contributed by atoms with Crippen molar-refractivity contribution >= 4 is 34.6 Å². The zero-order valence-electron chi connectivity index (χ0n) is 20.0. The molecule has 3 aromatic carbocycles. The number of para-hydroxylation sites is 1. The first-order valence-electron chi connectivity index (χ1n) is 11.8. The second kappa shape index (κ2) is 9.24. The van der Waals surface area contributed by atoms with E-state index in [1.807, 2.05) is 84.6 Å². The lowest BCUT2D eigenvalue weighted by atomic mass is 9.77. The minimum atomic E-state index is -1.34. The number of thiocarbonyl (C=S) groups is 1. The van der Waals surface area contributed by atoms with E-state index in [4.69, 9.17) is 27.4 Å². The van der Waals surface area contributed by atoms with E-state index in [1.54, 1.807) is 19.1 Å². The van der Waals surface area contributed by atoms with Crippen molar-refractivity contribution in [2.24, 2.45) is 17.6 Å². The van der Waals surface area contributed by atoms with Gasteiger partial charge in [-0.3, -0.25) is 9.69 Å². The number of carbonyl (C=O) groups excluding carboxylic acids is 2. The van der Waals surface area contributed by atoms with E-state index in [1.165, 1.54) is 0 Å². The van der Waals surface area contributed by atoms with Crippen molar-refractivity contribution in [2.75, 3.05) is 11.5 Å². The Kier molecular flexibility index (Phi) is 6.10. The lowest BCUT2D eigenvalue weighted by Gasteiger charge is -2.39. The average Bonchev–Trinajstić information content (AvgIpc) is 3.32. The van der Waals surface area contributed by atoms with Gasteiger partial charge in [-0.05, 0) is 26.0 Å². The SMILES string of the molecule is CCOC(=O)C1=C(N)O[C@@]2(c3ccccc3)[C@@H]1[C@H](C(=O)c1ccc(C)cc1)C(=S)N2c1ccccc1. The number of anilines is 1. The Bertz CT molecular complexity index is 1360. The fourth-order valence-electron chi connectivity index (χ4n) is 5.20. The average molecular weight is 499 g/mol. The van der Waals surface area contributed by atoms with Gasteiger partial charge >= 0.3 is 5.97 Å². The first kappa shape index (κ1) is 23.8. The predicted octanol–water partition coefficient (Wildman–Crippen LogP) is 4.87. The van der Waals surface area contributed by atoms with Crippen molar-refractivity contribution in [1.82, 2.24) is 0 Å². The molecule has 2 N–H and O–H groups in total. The zero-order valence-corrected chi connectivity index (χ0v) is 20.8. The number of esters is 1. The molecule has 0 bridgehead atoms. The molecule has 182 valence electrons. The van der Waals surface area contributed by atoms with Gasteiger partial charge in [-0.25, -0.2) is 4.79 Å². The molecule has 0 spiro atoms. The number of fused-ring (bicyclic) bond motifs is 1. The third-order valence-corrected chi connectivity index (χ3v) is 7.17. The van der Waals surface area contributed by atoms with Gasteiger partial charge in [0.2, 0.25) is 5.72 Å². The second-order valence-corrected chi connectivity index (χ2v) is 9.28. The Morgan fingerprint density at radius 2 is 1.61 bits per heavy atom. The minimum absolute atomic E-state index is 0.0626. The number of Topliss-reactive ketones (excluding diaryl/α,β-unsaturated/α-hetero) is 1. The van der Waals surface area contributed by atoms with Gasteiger partial charge in [-0.1, -0.05) is 90.6 Å². The Labute approximate surface area is 215 Å². The van der Waals surface area contributed by atoms with Crippen LogP contribution in [0.1, 0.15) is 28.4 Å². The van der Waals surface area contributed by atoms with Crippen LogP contribution in [0.15, 0.2) is 96.4 Å². The maximum absolute atomic E-state index is 14.1. The molecule has 1 saturated heterocycles. The van der Waals surface area contributed by atoms with Crippen molar-refractivity contribution in [1.29, 1.82) is 0 Å². The maximum Gasteiger partial charge on any atom is 0.339 e. The van der Waals surface area contributed by atoms with Crippen LogP contribution in [-0.4, -0.2) is 23.3 Å². The smallest absolute Gasteiger partial charge is 0.339 e. The van der Waals surface area contributed by atoms with Crippen LogP contribution in [0.3, 0.4) is 0 Å². The first-order chi connectivity index (χ1) is 17.4. The molecule has 0 aliphatic carbocycles. The third kappa shape index (κ3) is 3.58. The summed E-state index contributed by atoms with van der Waals surface area (Å²) in [6.07, 6.45) is 0. The lowest BCUT2D eigenvalue weighted by Crippen LogP contribution is -2.47. The summed E-state index contributed by atoms with van der Waals surface area (Å²) in [5.74, 6) is -2.59. The number of aryl methyl sites for hydroxylation is 1. The highest BCUT2D eigenvalue weighted by molar-refractivity contribution is 7.80. The summed E-state index contributed by atoms with van der Waals surface area (Å²) in [5, 5.41) is 0. The normalized spacial score (nSPS) is 22.8. The molecule has 5 rings (SSSR count). The number of ketones is 1. The third-order valence-electron chi connectivity index (χ3n) is 6.73. The van der Waals surface area contributed by atoms with Crippen molar-refractivity contribution in [2.45, 2.75) is 19.6 Å². The molecule has 1 fully saturated rings. The topological polar surface area (TPSA) is 81.9 Å². The summed E-state index contributed by atoms with van der Waals surface area (Å²) < 4.78 is 11.8. The first-order valence-corrected chi connectivity index (χ1v) is 12.2. The second-order valence-electron chi connectivity index (χ2n) is 8.86. The van der Waals surface area contributed by atoms with Gasteiger partial charge in [0.25, 0.3) is 0 Å². The molecule has 2 aliphatic rings. The van der Waals surface area contributed by atoms with Gasteiger partial charge in [0.1, 0.15) is 5.57 Å². The van der Waals surface area contributed by atoms with Crippen molar-refractivity contribution < 1.29 is 19.1 Å². The van der Waals surface area contributed by atoms with Gasteiger partial charge in [-0.15, -0.1) is 0 Å². The molecule has 0 radical (unpaired) electrons. The highest BCUT2D eigenvalue weighted by Crippen LogP contribution is 2.58. The summed E-state index contributed by atoms with van der Waals surface area (Å²) in [4.78, 5) is 29.6. The summed E-state index contributed by atoms with van der Waals surface area (Å²) in [6, 6.07) is 26.2. The van der Waals surface area contributed by atoms with E-state index in [2.05, 4.69) is 0 Å². The molecule has 0 amide bonds. The highest BCUT2D eigenvalue weighted by atomic mass is 32.1. The van der Waals surface area contributed by atoms with E-state index in [0.717, 1.165) is 16.8 Å². The highest BCUT2D eigenvalue weighted by Gasteiger charge is 2.68. The van der Waals surface area contributed by atoms with Crippen LogP contribution in [0, 0.1) is 18.8 Å².